The zero-order valence-corrected chi connectivity index (χ0v) is 13.2. The molecule has 0 N–H and O–H groups in total. The van der Waals surface area contributed by atoms with Gasteiger partial charge < -0.3 is 4.74 Å². The molecule has 0 saturated heterocycles. The van der Waals surface area contributed by atoms with Crippen LogP contribution in [0.5, 0.6) is 11.6 Å². The summed E-state index contributed by atoms with van der Waals surface area (Å²) in [5.41, 5.74) is 2.73. The molecule has 0 aliphatic rings. The van der Waals surface area contributed by atoms with Crippen molar-refractivity contribution in [2.24, 2.45) is 0 Å². The third-order valence-corrected chi connectivity index (χ3v) is 3.56. The van der Waals surface area contributed by atoms with Crippen molar-refractivity contribution >= 4 is 23.2 Å². The van der Waals surface area contributed by atoms with Crippen LogP contribution in [0.4, 0.5) is 0 Å². The van der Waals surface area contributed by atoms with Gasteiger partial charge in [0.15, 0.2) is 0 Å². The van der Waals surface area contributed by atoms with Crippen LogP contribution in [0.25, 0.3) is 0 Å². The van der Waals surface area contributed by atoms with Crippen LogP contribution >= 0.6 is 23.2 Å². The maximum atomic E-state index is 6.24. The maximum absolute atomic E-state index is 6.24. The Bertz CT molecular complexity index is 598. The molecule has 0 bridgehead atoms. The van der Waals surface area contributed by atoms with Crippen LogP contribution in [0, 0.1) is 6.92 Å². The van der Waals surface area contributed by atoms with E-state index in [0.29, 0.717) is 17.7 Å². The van der Waals surface area contributed by atoms with Crippen molar-refractivity contribution in [3.8, 4) is 11.6 Å². The Kier molecular flexibility index (Phi) is 4.84. The van der Waals surface area contributed by atoms with E-state index in [2.05, 4.69) is 24.0 Å². The first-order valence-electron chi connectivity index (χ1n) is 6.37. The van der Waals surface area contributed by atoms with Gasteiger partial charge in [-0.15, -0.1) is 16.7 Å². The molecule has 1 aromatic heterocycles. The molecule has 0 spiro atoms. The second-order valence-electron chi connectivity index (χ2n) is 4.89. The van der Waals surface area contributed by atoms with Crippen molar-refractivity contribution in [1.82, 2.24) is 10.2 Å². The first-order valence-corrected chi connectivity index (χ1v) is 7.29. The molecule has 2 rings (SSSR count). The van der Waals surface area contributed by atoms with Gasteiger partial charge in [0.2, 0.25) is 5.88 Å². The number of rotatable bonds is 4. The Morgan fingerprint density at radius 1 is 1.20 bits per heavy atom. The quantitative estimate of drug-likeness (QED) is 0.737. The van der Waals surface area contributed by atoms with Gasteiger partial charge in [0.05, 0.1) is 11.6 Å². The van der Waals surface area contributed by atoms with Crippen LogP contribution in [-0.4, -0.2) is 10.2 Å². The van der Waals surface area contributed by atoms with Gasteiger partial charge in [-0.2, -0.15) is 5.10 Å². The largest absolute Gasteiger partial charge is 0.437 e. The van der Waals surface area contributed by atoms with E-state index in [1.165, 1.54) is 0 Å². The lowest BCUT2D eigenvalue weighted by Crippen LogP contribution is -1.97. The lowest BCUT2D eigenvalue weighted by Gasteiger charge is -2.13. The average molecular weight is 311 g/mol. The van der Waals surface area contributed by atoms with Gasteiger partial charge in [0, 0.05) is 11.1 Å². The van der Waals surface area contributed by atoms with Gasteiger partial charge in [-0.25, -0.2) is 0 Å². The first-order chi connectivity index (χ1) is 9.51. The van der Waals surface area contributed by atoms with Crippen LogP contribution < -0.4 is 4.74 Å². The number of aryl methyl sites for hydroxylation is 1. The SMILES string of the molecule is Cc1cc(Cl)c(C(C)C)cc1Oc1ccc(CCl)nn1. The Hall–Kier alpha value is -1.32. The predicted molar refractivity (Wildman–Crippen MR) is 81.9 cm³/mol. The zero-order valence-electron chi connectivity index (χ0n) is 11.7. The van der Waals surface area contributed by atoms with Gasteiger partial charge in [-0.1, -0.05) is 25.4 Å². The van der Waals surface area contributed by atoms with Crippen molar-refractivity contribution in [2.45, 2.75) is 32.6 Å². The fourth-order valence-electron chi connectivity index (χ4n) is 1.81. The highest BCUT2D eigenvalue weighted by atomic mass is 35.5. The third kappa shape index (κ3) is 3.41. The van der Waals surface area contributed by atoms with E-state index in [4.69, 9.17) is 27.9 Å². The van der Waals surface area contributed by atoms with Gasteiger partial charge in [0.25, 0.3) is 0 Å². The van der Waals surface area contributed by atoms with Crippen molar-refractivity contribution in [3.05, 3.63) is 46.1 Å². The van der Waals surface area contributed by atoms with E-state index in [0.717, 1.165) is 27.6 Å². The third-order valence-electron chi connectivity index (χ3n) is 2.96. The number of halogens is 2. The summed E-state index contributed by atoms with van der Waals surface area (Å²) in [5.74, 6) is 1.85. The molecule has 0 radical (unpaired) electrons. The molecule has 0 unspecified atom stereocenters. The highest BCUT2D eigenvalue weighted by Gasteiger charge is 2.11. The minimum atomic E-state index is 0.329. The molecule has 106 valence electrons. The van der Waals surface area contributed by atoms with E-state index >= 15 is 0 Å². The topological polar surface area (TPSA) is 35.0 Å². The van der Waals surface area contributed by atoms with Crippen LogP contribution in [0.1, 0.15) is 36.6 Å². The number of alkyl halides is 1. The second-order valence-corrected chi connectivity index (χ2v) is 5.57. The number of ether oxygens (including phenoxy) is 1. The van der Waals surface area contributed by atoms with Gasteiger partial charge in [-0.3, -0.25) is 0 Å². The Balaban J connectivity index is 2.30. The Labute approximate surface area is 128 Å². The molecule has 3 nitrogen and oxygen atoms in total. The highest BCUT2D eigenvalue weighted by Crippen LogP contribution is 2.33. The van der Waals surface area contributed by atoms with E-state index in [9.17, 15) is 0 Å². The Morgan fingerprint density at radius 2 is 1.95 bits per heavy atom. The predicted octanol–water partition coefficient (Wildman–Crippen LogP) is 5.09. The molecule has 0 saturated carbocycles. The summed E-state index contributed by atoms with van der Waals surface area (Å²) in [7, 11) is 0. The lowest BCUT2D eigenvalue weighted by molar-refractivity contribution is 0.450. The van der Waals surface area contributed by atoms with E-state index in [1.54, 1.807) is 12.1 Å². The normalized spacial score (nSPS) is 10.9. The van der Waals surface area contributed by atoms with Crippen LogP contribution in [-0.2, 0) is 5.88 Å². The monoisotopic (exact) mass is 310 g/mol. The second kappa shape index (κ2) is 6.42. The number of hydrogen-bond acceptors (Lipinski definition) is 3. The summed E-state index contributed by atoms with van der Waals surface area (Å²) in [6.45, 7) is 6.14. The number of benzene rings is 1. The highest BCUT2D eigenvalue weighted by molar-refractivity contribution is 6.31. The van der Waals surface area contributed by atoms with Crippen LogP contribution in [0.3, 0.4) is 0 Å². The molecule has 1 heterocycles. The minimum absolute atomic E-state index is 0.329. The van der Waals surface area contributed by atoms with Gasteiger partial charge >= 0.3 is 0 Å². The summed E-state index contributed by atoms with van der Waals surface area (Å²) in [5, 5.41) is 8.72. The molecular formula is C15H16Cl2N2O. The van der Waals surface area contributed by atoms with Crippen molar-refractivity contribution < 1.29 is 4.74 Å². The fourth-order valence-corrected chi connectivity index (χ4v) is 2.39. The molecule has 0 fully saturated rings. The summed E-state index contributed by atoms with van der Waals surface area (Å²) < 4.78 is 5.78. The molecule has 2 aromatic rings. The van der Waals surface area contributed by atoms with E-state index < -0.39 is 0 Å². The first kappa shape index (κ1) is 15.1. The summed E-state index contributed by atoms with van der Waals surface area (Å²) in [6, 6.07) is 7.42. The molecule has 0 atom stereocenters. The van der Waals surface area contributed by atoms with Gasteiger partial charge in [-0.05, 0) is 42.2 Å². The Morgan fingerprint density at radius 3 is 2.50 bits per heavy atom. The van der Waals surface area contributed by atoms with Gasteiger partial charge in [0.1, 0.15) is 5.75 Å². The standard InChI is InChI=1S/C15H16Cl2N2O/c1-9(2)12-7-14(10(3)6-13(12)17)20-15-5-4-11(8-16)18-19-15/h4-7,9H,8H2,1-3H3. The lowest BCUT2D eigenvalue weighted by atomic mass is 10.0. The molecule has 1 aromatic carbocycles. The zero-order chi connectivity index (χ0) is 14.7. The van der Waals surface area contributed by atoms with Crippen molar-refractivity contribution in [1.29, 1.82) is 0 Å². The van der Waals surface area contributed by atoms with Crippen LogP contribution in [0.2, 0.25) is 5.02 Å². The average Bonchev–Trinajstić information content (AvgIpc) is 2.42. The number of aromatic nitrogens is 2. The minimum Gasteiger partial charge on any atom is -0.437 e. The maximum Gasteiger partial charge on any atom is 0.238 e. The molecule has 0 aliphatic carbocycles. The number of nitrogens with zero attached hydrogens (tertiary/aromatic N) is 2. The number of hydrogen-bond donors (Lipinski definition) is 0. The molecule has 5 heteroatoms. The van der Waals surface area contributed by atoms with Crippen LogP contribution in [0.15, 0.2) is 24.3 Å². The van der Waals surface area contributed by atoms with E-state index in [-0.39, 0.29) is 0 Å². The van der Waals surface area contributed by atoms with Crippen molar-refractivity contribution in [2.75, 3.05) is 0 Å². The fraction of sp³-hybridized carbons (Fsp3) is 0.333. The smallest absolute Gasteiger partial charge is 0.238 e. The molecule has 0 amide bonds. The summed E-state index contributed by atoms with van der Waals surface area (Å²) in [6.07, 6.45) is 0. The molecular weight excluding hydrogens is 295 g/mol. The summed E-state index contributed by atoms with van der Waals surface area (Å²) >= 11 is 11.9. The molecule has 0 aliphatic heterocycles. The van der Waals surface area contributed by atoms with Crippen molar-refractivity contribution in [3.63, 3.8) is 0 Å². The molecule has 20 heavy (non-hydrogen) atoms. The van der Waals surface area contributed by atoms with E-state index in [1.807, 2.05) is 19.1 Å². The summed E-state index contributed by atoms with van der Waals surface area (Å²) in [4.78, 5) is 0.